The van der Waals surface area contributed by atoms with Crippen molar-refractivity contribution in [3.05, 3.63) is 35.9 Å². The largest absolute Gasteiger partial charge is 0.359 e. The van der Waals surface area contributed by atoms with Gasteiger partial charge in [0, 0.05) is 12.0 Å². The molecule has 1 atom stereocenters. The summed E-state index contributed by atoms with van der Waals surface area (Å²) in [6.07, 6.45) is 4.91. The molecule has 0 saturated carbocycles. The second-order valence-electron chi connectivity index (χ2n) is 6.16. The third kappa shape index (κ3) is 3.17. The summed E-state index contributed by atoms with van der Waals surface area (Å²) in [5, 5.41) is 0. The Kier molecular flexibility index (Phi) is 4.62. The van der Waals surface area contributed by atoms with Gasteiger partial charge in [0.25, 0.3) is 0 Å². The van der Waals surface area contributed by atoms with Gasteiger partial charge in [-0.3, -0.25) is 0 Å². The van der Waals surface area contributed by atoms with Crippen molar-refractivity contribution in [2.24, 2.45) is 5.41 Å². The molecule has 0 radical (unpaired) electrons. The summed E-state index contributed by atoms with van der Waals surface area (Å²) >= 11 is 5.81. The van der Waals surface area contributed by atoms with Crippen molar-refractivity contribution in [3.8, 4) is 0 Å². The van der Waals surface area contributed by atoms with Crippen LogP contribution in [0, 0.1) is 5.41 Å². The lowest BCUT2D eigenvalue weighted by atomic mass is 9.86. The van der Waals surface area contributed by atoms with Gasteiger partial charge < -0.3 is 4.90 Å². The maximum absolute atomic E-state index is 5.81. The van der Waals surface area contributed by atoms with Gasteiger partial charge in [0.2, 0.25) is 0 Å². The van der Waals surface area contributed by atoms with Gasteiger partial charge in [-0.25, -0.2) is 0 Å². The lowest BCUT2D eigenvalue weighted by molar-refractivity contribution is 0.227. The number of hydrogen-bond acceptors (Lipinski definition) is 1. The maximum atomic E-state index is 5.81. The summed E-state index contributed by atoms with van der Waals surface area (Å²) in [5.74, 6) is 0. The summed E-state index contributed by atoms with van der Waals surface area (Å²) in [5.41, 5.74) is 1.54. The van der Waals surface area contributed by atoms with Crippen LogP contribution in [-0.4, -0.2) is 16.4 Å². The molecule has 0 aliphatic carbocycles. The third-order valence-corrected chi connectivity index (χ3v) is 5.20. The first-order valence-corrected chi connectivity index (χ1v) is 7.83. The van der Waals surface area contributed by atoms with Gasteiger partial charge in [-0.05, 0) is 31.2 Å². The van der Waals surface area contributed by atoms with E-state index in [1.807, 2.05) is 0 Å². The molecule has 0 bridgehead atoms. The Morgan fingerprint density at radius 3 is 2.58 bits per heavy atom. The highest BCUT2D eigenvalue weighted by atomic mass is 32.1. The van der Waals surface area contributed by atoms with Crippen LogP contribution in [0.15, 0.2) is 30.3 Å². The zero-order chi connectivity index (χ0) is 13.9. The van der Waals surface area contributed by atoms with Gasteiger partial charge in [-0.1, -0.05) is 63.3 Å². The van der Waals surface area contributed by atoms with Crippen LogP contribution in [0.25, 0.3) is 0 Å². The average molecular weight is 275 g/mol. The topological polar surface area (TPSA) is 3.24 Å². The van der Waals surface area contributed by atoms with Gasteiger partial charge in [0.05, 0.1) is 11.0 Å². The van der Waals surface area contributed by atoms with E-state index in [1.165, 1.54) is 24.8 Å². The van der Waals surface area contributed by atoms with E-state index in [1.54, 1.807) is 0 Å². The van der Waals surface area contributed by atoms with Gasteiger partial charge in [0.15, 0.2) is 0 Å². The highest BCUT2D eigenvalue weighted by Crippen LogP contribution is 2.36. The minimum atomic E-state index is 0.125. The first-order valence-electron chi connectivity index (χ1n) is 7.42. The molecule has 0 spiro atoms. The van der Waals surface area contributed by atoms with Crippen molar-refractivity contribution in [2.45, 2.75) is 52.5 Å². The molecule has 2 heteroatoms. The van der Waals surface area contributed by atoms with E-state index < -0.39 is 0 Å². The third-order valence-electron chi connectivity index (χ3n) is 4.41. The molecule has 19 heavy (non-hydrogen) atoms. The van der Waals surface area contributed by atoms with Crippen LogP contribution in [0.1, 0.15) is 58.1 Å². The van der Waals surface area contributed by atoms with Crippen LogP contribution in [0.3, 0.4) is 0 Å². The van der Waals surface area contributed by atoms with Crippen molar-refractivity contribution in [3.63, 3.8) is 0 Å². The molecule has 1 aromatic carbocycles. The predicted molar refractivity (Wildman–Crippen MR) is 86.4 cm³/mol. The molecule has 1 nitrogen and oxygen atoms in total. The fourth-order valence-electron chi connectivity index (χ4n) is 2.74. The minimum Gasteiger partial charge on any atom is -0.359 e. The number of nitrogens with zero attached hydrogens (tertiary/aromatic N) is 1. The van der Waals surface area contributed by atoms with Crippen molar-refractivity contribution < 1.29 is 0 Å². The summed E-state index contributed by atoms with van der Waals surface area (Å²) in [7, 11) is 0. The summed E-state index contributed by atoms with van der Waals surface area (Å²) in [6, 6.07) is 11.3. The van der Waals surface area contributed by atoms with Crippen LogP contribution < -0.4 is 0 Å². The van der Waals surface area contributed by atoms with E-state index in [2.05, 4.69) is 56.0 Å². The zero-order valence-electron chi connectivity index (χ0n) is 12.4. The van der Waals surface area contributed by atoms with Crippen LogP contribution in [0.2, 0.25) is 0 Å². The molecule has 1 heterocycles. The molecule has 104 valence electrons. The fourth-order valence-corrected chi connectivity index (χ4v) is 3.10. The van der Waals surface area contributed by atoms with E-state index in [9.17, 15) is 0 Å². The van der Waals surface area contributed by atoms with E-state index in [0.717, 1.165) is 18.0 Å². The number of benzene rings is 1. The molecule has 1 aromatic rings. The van der Waals surface area contributed by atoms with Crippen LogP contribution in [0.5, 0.6) is 0 Å². The number of rotatable bonds is 3. The molecule has 1 saturated heterocycles. The first-order chi connectivity index (χ1) is 9.06. The van der Waals surface area contributed by atoms with E-state index in [0.29, 0.717) is 6.04 Å². The molecular formula is C17H25NS. The first kappa shape index (κ1) is 14.5. The monoisotopic (exact) mass is 275 g/mol. The lowest BCUT2D eigenvalue weighted by Gasteiger charge is -2.42. The Balaban J connectivity index is 2.24. The van der Waals surface area contributed by atoms with E-state index in [4.69, 9.17) is 12.2 Å². The van der Waals surface area contributed by atoms with Crippen molar-refractivity contribution in [2.75, 3.05) is 6.54 Å². The minimum absolute atomic E-state index is 0.125. The SMILES string of the molecule is CCC(C)(C)C(=S)N1CCCC[C@@H]1c1ccccc1. The predicted octanol–water partition coefficient (Wildman–Crippen LogP) is 4.98. The standard InChI is InChI=1S/C17H25NS/c1-4-17(2,3)16(19)18-13-9-8-12-15(18)14-10-6-5-7-11-14/h5-7,10-11,15H,4,8-9,12-13H2,1-3H3/t15-/m1/s1. The van der Waals surface area contributed by atoms with Crippen LogP contribution in [-0.2, 0) is 0 Å². The molecule has 1 aliphatic heterocycles. The Morgan fingerprint density at radius 1 is 1.26 bits per heavy atom. The number of thiocarbonyl (C=S) groups is 1. The number of likely N-dealkylation sites (tertiary alicyclic amines) is 1. The molecule has 1 fully saturated rings. The molecule has 0 N–H and O–H groups in total. The Morgan fingerprint density at radius 2 is 1.95 bits per heavy atom. The second kappa shape index (κ2) is 6.04. The molecule has 1 aliphatic rings. The van der Waals surface area contributed by atoms with Crippen LogP contribution >= 0.6 is 12.2 Å². The molecule has 2 rings (SSSR count). The zero-order valence-corrected chi connectivity index (χ0v) is 13.2. The van der Waals surface area contributed by atoms with Crippen LogP contribution in [0.4, 0.5) is 0 Å². The smallest absolute Gasteiger partial charge is 0.0841 e. The summed E-state index contributed by atoms with van der Waals surface area (Å²) in [4.78, 5) is 3.63. The van der Waals surface area contributed by atoms with Crippen molar-refractivity contribution >= 4 is 17.2 Å². The van der Waals surface area contributed by atoms with Gasteiger partial charge in [-0.2, -0.15) is 0 Å². The van der Waals surface area contributed by atoms with E-state index >= 15 is 0 Å². The maximum Gasteiger partial charge on any atom is 0.0841 e. The molecule has 0 unspecified atom stereocenters. The Hall–Kier alpha value is -0.890. The summed E-state index contributed by atoms with van der Waals surface area (Å²) in [6.45, 7) is 7.88. The fraction of sp³-hybridized carbons (Fsp3) is 0.588. The lowest BCUT2D eigenvalue weighted by Crippen LogP contribution is -2.44. The highest BCUT2D eigenvalue weighted by Gasteiger charge is 2.32. The number of hydrogen-bond donors (Lipinski definition) is 0. The normalized spacial score (nSPS) is 20.4. The highest BCUT2D eigenvalue weighted by molar-refractivity contribution is 7.80. The average Bonchev–Trinajstić information content (AvgIpc) is 2.47. The Bertz CT molecular complexity index is 424. The van der Waals surface area contributed by atoms with Gasteiger partial charge in [0.1, 0.15) is 0 Å². The summed E-state index contributed by atoms with van der Waals surface area (Å²) < 4.78 is 0. The second-order valence-corrected chi connectivity index (χ2v) is 6.54. The Labute approximate surface area is 123 Å². The van der Waals surface area contributed by atoms with E-state index in [-0.39, 0.29) is 5.41 Å². The molecular weight excluding hydrogens is 250 g/mol. The molecule has 0 aromatic heterocycles. The molecule has 0 amide bonds. The van der Waals surface area contributed by atoms with Gasteiger partial charge in [-0.15, -0.1) is 0 Å². The quantitative estimate of drug-likeness (QED) is 0.716. The van der Waals surface area contributed by atoms with Gasteiger partial charge >= 0.3 is 0 Å². The van der Waals surface area contributed by atoms with Crippen molar-refractivity contribution in [1.82, 2.24) is 4.90 Å². The van der Waals surface area contributed by atoms with Crippen molar-refractivity contribution in [1.29, 1.82) is 0 Å². The number of piperidine rings is 1.